The molecule has 1 saturated carbocycles. The van der Waals surface area contributed by atoms with Crippen molar-refractivity contribution < 1.29 is 19.1 Å². The summed E-state index contributed by atoms with van der Waals surface area (Å²) in [5.41, 5.74) is 0.453. The van der Waals surface area contributed by atoms with Gasteiger partial charge in [0.1, 0.15) is 5.75 Å². The highest BCUT2D eigenvalue weighted by molar-refractivity contribution is 8.14. The predicted octanol–water partition coefficient (Wildman–Crippen LogP) is 3.48. The summed E-state index contributed by atoms with van der Waals surface area (Å²) in [6, 6.07) is 3.94. The fourth-order valence-electron chi connectivity index (χ4n) is 3.38. The first-order valence-corrected chi connectivity index (χ1v) is 9.76. The maximum atomic E-state index is 12.5. The van der Waals surface area contributed by atoms with E-state index in [-0.39, 0.29) is 29.0 Å². The van der Waals surface area contributed by atoms with Crippen LogP contribution in [0.4, 0.5) is 15.3 Å². The van der Waals surface area contributed by atoms with Gasteiger partial charge < -0.3 is 15.4 Å². The summed E-state index contributed by atoms with van der Waals surface area (Å²) in [5.74, 6) is 0.482. The zero-order valence-electron chi connectivity index (χ0n) is 14.3. The maximum Gasteiger partial charge on any atom is 0.319 e. The molecule has 0 spiro atoms. The Morgan fingerprint density at radius 3 is 2.77 bits per heavy atom. The molecule has 1 saturated heterocycles. The van der Waals surface area contributed by atoms with Crippen molar-refractivity contribution in [2.75, 3.05) is 18.2 Å². The van der Waals surface area contributed by atoms with E-state index in [4.69, 9.17) is 16.3 Å². The second-order valence-electron chi connectivity index (χ2n) is 6.22. The van der Waals surface area contributed by atoms with Crippen molar-refractivity contribution in [3.8, 4) is 5.75 Å². The third-order valence-electron chi connectivity index (χ3n) is 4.57. The van der Waals surface area contributed by atoms with Crippen LogP contribution in [0.3, 0.4) is 0 Å². The molecule has 2 fully saturated rings. The van der Waals surface area contributed by atoms with Gasteiger partial charge >= 0.3 is 6.03 Å². The molecule has 2 atom stereocenters. The summed E-state index contributed by atoms with van der Waals surface area (Å²) in [7, 11) is 1.51. The van der Waals surface area contributed by atoms with E-state index in [1.807, 2.05) is 0 Å². The molecule has 0 unspecified atom stereocenters. The van der Waals surface area contributed by atoms with Crippen LogP contribution in [0.2, 0.25) is 5.02 Å². The van der Waals surface area contributed by atoms with Gasteiger partial charge in [0.25, 0.3) is 5.24 Å². The van der Waals surface area contributed by atoms with Crippen molar-refractivity contribution in [1.29, 1.82) is 0 Å². The summed E-state index contributed by atoms with van der Waals surface area (Å²) in [6.45, 7) is 0. The summed E-state index contributed by atoms with van der Waals surface area (Å²) >= 11 is 6.99. The number of hydrogen-bond acceptors (Lipinski definition) is 5. The Morgan fingerprint density at radius 2 is 2.08 bits per heavy atom. The Bertz CT molecular complexity index is 714. The zero-order chi connectivity index (χ0) is 18.7. The van der Waals surface area contributed by atoms with Crippen molar-refractivity contribution in [2.24, 2.45) is 0 Å². The van der Waals surface area contributed by atoms with Crippen molar-refractivity contribution >= 4 is 46.2 Å². The van der Waals surface area contributed by atoms with Crippen molar-refractivity contribution in [3.05, 3.63) is 23.2 Å². The Morgan fingerprint density at radius 1 is 1.31 bits per heavy atom. The monoisotopic (exact) mass is 397 g/mol. The molecular formula is C17H20ClN3O4S. The van der Waals surface area contributed by atoms with E-state index in [9.17, 15) is 14.4 Å². The largest absolute Gasteiger partial charge is 0.495 e. The number of benzene rings is 1. The molecule has 1 heterocycles. The summed E-state index contributed by atoms with van der Waals surface area (Å²) in [6.07, 6.45) is 3.27. The van der Waals surface area contributed by atoms with Gasteiger partial charge in [0.05, 0.1) is 30.6 Å². The number of nitrogens with zero attached hydrogens (tertiary/aromatic N) is 1. The molecule has 0 aromatic heterocycles. The van der Waals surface area contributed by atoms with Gasteiger partial charge in [0, 0.05) is 5.02 Å². The summed E-state index contributed by atoms with van der Waals surface area (Å²) in [4.78, 5) is 37.9. The number of nitrogens with one attached hydrogen (secondary N) is 2. The van der Waals surface area contributed by atoms with E-state index in [0.29, 0.717) is 29.3 Å². The van der Waals surface area contributed by atoms with Crippen molar-refractivity contribution in [3.63, 3.8) is 0 Å². The number of carbonyl (C=O) groups excluding carboxylic acids is 3. The fraction of sp³-hybridized carbons (Fsp3) is 0.471. The van der Waals surface area contributed by atoms with Gasteiger partial charge in [-0.15, -0.1) is 0 Å². The molecule has 0 radical (unpaired) electrons. The molecule has 3 rings (SSSR count). The Balaban J connectivity index is 1.70. The van der Waals surface area contributed by atoms with Crippen LogP contribution in [0.5, 0.6) is 5.75 Å². The van der Waals surface area contributed by atoms with Crippen LogP contribution in [-0.2, 0) is 4.79 Å². The van der Waals surface area contributed by atoms with Gasteiger partial charge in [-0.05, 0) is 31.0 Å². The SMILES string of the molecule is COc1ccc(Cl)cc1NC(=O)N[C@@H]1CCCC[C@@H]1N1C(=O)CSC1=O. The number of anilines is 1. The molecule has 26 heavy (non-hydrogen) atoms. The number of carbonyl (C=O) groups is 3. The third kappa shape index (κ3) is 4.07. The molecule has 140 valence electrons. The molecule has 1 aliphatic carbocycles. The lowest BCUT2D eigenvalue weighted by atomic mass is 9.89. The molecule has 4 amide bonds. The second kappa shape index (κ2) is 8.18. The highest BCUT2D eigenvalue weighted by Gasteiger charge is 2.41. The van der Waals surface area contributed by atoms with E-state index in [1.165, 1.54) is 12.0 Å². The number of ether oxygens (including phenoxy) is 1. The van der Waals surface area contributed by atoms with Crippen LogP contribution < -0.4 is 15.4 Å². The first-order valence-electron chi connectivity index (χ1n) is 8.39. The molecule has 9 heteroatoms. The first-order chi connectivity index (χ1) is 12.5. The molecule has 1 aromatic carbocycles. The van der Waals surface area contributed by atoms with Gasteiger partial charge in [-0.1, -0.05) is 36.2 Å². The molecule has 7 nitrogen and oxygen atoms in total. The quantitative estimate of drug-likeness (QED) is 0.812. The molecular weight excluding hydrogens is 378 g/mol. The van der Waals surface area contributed by atoms with Crippen LogP contribution in [-0.4, -0.2) is 47.0 Å². The highest BCUT2D eigenvalue weighted by atomic mass is 35.5. The van der Waals surface area contributed by atoms with Crippen LogP contribution in [0.15, 0.2) is 18.2 Å². The maximum absolute atomic E-state index is 12.5. The van der Waals surface area contributed by atoms with Crippen molar-refractivity contribution in [1.82, 2.24) is 10.2 Å². The average Bonchev–Trinajstić information content (AvgIpc) is 2.94. The Kier molecular flexibility index (Phi) is 5.93. The molecule has 2 aliphatic rings. The lowest BCUT2D eigenvalue weighted by Crippen LogP contribution is -2.55. The van der Waals surface area contributed by atoms with E-state index in [1.54, 1.807) is 18.2 Å². The van der Waals surface area contributed by atoms with Gasteiger partial charge in [0.2, 0.25) is 5.91 Å². The van der Waals surface area contributed by atoms with Crippen LogP contribution >= 0.6 is 23.4 Å². The second-order valence-corrected chi connectivity index (χ2v) is 7.58. The fourth-order valence-corrected chi connectivity index (χ4v) is 4.31. The number of urea groups is 1. The van der Waals surface area contributed by atoms with Crippen LogP contribution in [0, 0.1) is 0 Å². The van der Waals surface area contributed by atoms with Crippen LogP contribution in [0.25, 0.3) is 0 Å². The molecule has 0 bridgehead atoms. The van der Waals surface area contributed by atoms with Gasteiger partial charge in [-0.2, -0.15) is 0 Å². The smallest absolute Gasteiger partial charge is 0.319 e. The summed E-state index contributed by atoms with van der Waals surface area (Å²) < 4.78 is 5.22. The van der Waals surface area contributed by atoms with Gasteiger partial charge in [0.15, 0.2) is 0 Å². The Labute approximate surface area is 160 Å². The topological polar surface area (TPSA) is 87.7 Å². The lowest BCUT2D eigenvalue weighted by Gasteiger charge is -2.36. The van der Waals surface area contributed by atoms with Gasteiger partial charge in [-0.25, -0.2) is 4.79 Å². The number of methoxy groups -OCH3 is 1. The minimum atomic E-state index is -0.422. The molecule has 1 aliphatic heterocycles. The van der Waals surface area contributed by atoms with E-state index in [2.05, 4.69) is 10.6 Å². The molecule has 2 N–H and O–H groups in total. The lowest BCUT2D eigenvalue weighted by molar-refractivity contribution is -0.127. The predicted molar refractivity (Wildman–Crippen MR) is 101 cm³/mol. The zero-order valence-corrected chi connectivity index (χ0v) is 15.9. The number of halogens is 1. The third-order valence-corrected chi connectivity index (χ3v) is 5.64. The van der Waals surface area contributed by atoms with E-state index in [0.717, 1.165) is 24.6 Å². The van der Waals surface area contributed by atoms with E-state index < -0.39 is 6.03 Å². The van der Waals surface area contributed by atoms with Gasteiger partial charge in [-0.3, -0.25) is 14.5 Å². The first kappa shape index (κ1) is 18.8. The normalized spacial score (nSPS) is 23.1. The standard InChI is InChI=1S/C17H20ClN3O4S/c1-25-14-7-6-10(18)8-12(14)20-16(23)19-11-4-2-3-5-13(11)21-15(22)9-26-17(21)24/h6-8,11,13H,2-5,9H2,1H3,(H2,19,20,23)/t11-,13+/m1/s1. The Hall–Kier alpha value is -1.93. The number of rotatable bonds is 4. The number of amides is 4. The number of hydrogen-bond donors (Lipinski definition) is 2. The number of imide groups is 1. The average molecular weight is 398 g/mol. The van der Waals surface area contributed by atoms with Crippen LogP contribution in [0.1, 0.15) is 25.7 Å². The molecule has 1 aromatic rings. The van der Waals surface area contributed by atoms with Crippen molar-refractivity contribution in [2.45, 2.75) is 37.8 Å². The van der Waals surface area contributed by atoms with E-state index >= 15 is 0 Å². The highest BCUT2D eigenvalue weighted by Crippen LogP contribution is 2.31. The minimum absolute atomic E-state index is 0.175. The number of thioether (sulfide) groups is 1. The summed E-state index contributed by atoms with van der Waals surface area (Å²) in [5, 5.41) is 5.88. The minimum Gasteiger partial charge on any atom is -0.495 e.